The number of anilines is 1. The van der Waals surface area contributed by atoms with Crippen LogP contribution >= 0.6 is 0 Å². The molecule has 1 saturated heterocycles. The Hall–Kier alpha value is -2.70. The van der Waals surface area contributed by atoms with Crippen LogP contribution in [0.4, 0.5) is 14.5 Å². The Morgan fingerprint density at radius 1 is 1.19 bits per heavy atom. The molecule has 1 aromatic carbocycles. The fraction of sp³-hybridized carbons (Fsp3) is 0.500. The normalized spacial score (nSPS) is 19.5. The number of alkyl halides is 2. The fourth-order valence-corrected chi connectivity index (χ4v) is 3.80. The lowest BCUT2D eigenvalue weighted by Gasteiger charge is -2.20. The van der Waals surface area contributed by atoms with E-state index in [9.17, 15) is 13.6 Å². The van der Waals surface area contributed by atoms with E-state index in [1.165, 1.54) is 12.8 Å². The first-order chi connectivity index (χ1) is 15.0. The topological polar surface area (TPSA) is 51.7 Å². The van der Waals surface area contributed by atoms with Gasteiger partial charge in [-0.05, 0) is 48.4 Å². The van der Waals surface area contributed by atoms with Gasteiger partial charge >= 0.3 is 0 Å². The number of halogens is 2. The third-order valence-corrected chi connectivity index (χ3v) is 5.90. The van der Waals surface area contributed by atoms with Crippen molar-refractivity contribution >= 4 is 11.5 Å². The van der Waals surface area contributed by atoms with Crippen LogP contribution in [0.2, 0.25) is 0 Å². The van der Waals surface area contributed by atoms with E-state index in [0.29, 0.717) is 11.8 Å². The minimum absolute atomic E-state index is 0.0627. The smallest absolute Gasteiger partial charge is 0.296 e. The molecule has 31 heavy (non-hydrogen) atoms. The monoisotopic (exact) mass is 430 g/mol. The van der Waals surface area contributed by atoms with Gasteiger partial charge < -0.3 is 14.4 Å². The van der Waals surface area contributed by atoms with Crippen LogP contribution in [0.25, 0.3) is 0 Å². The van der Waals surface area contributed by atoms with Gasteiger partial charge in [0.05, 0.1) is 13.2 Å². The number of pyridine rings is 1. The second kappa shape index (κ2) is 9.62. The van der Waals surface area contributed by atoms with E-state index in [0.717, 1.165) is 43.1 Å². The van der Waals surface area contributed by atoms with Gasteiger partial charge in [0.2, 0.25) is 5.88 Å². The summed E-state index contributed by atoms with van der Waals surface area (Å²) in [4.78, 5) is 17.8. The van der Waals surface area contributed by atoms with Crippen molar-refractivity contribution in [2.45, 2.75) is 51.1 Å². The average molecular weight is 430 g/mol. The molecule has 1 aliphatic carbocycles. The molecule has 1 aliphatic heterocycles. The molecule has 0 spiro atoms. The lowest BCUT2D eigenvalue weighted by Crippen LogP contribution is -2.24. The van der Waals surface area contributed by atoms with Gasteiger partial charge in [-0.1, -0.05) is 19.1 Å². The van der Waals surface area contributed by atoms with Crippen LogP contribution in [0.3, 0.4) is 0 Å². The number of carbonyl (C=O) groups excluding carboxylic acids is 1. The molecule has 2 fully saturated rings. The zero-order valence-electron chi connectivity index (χ0n) is 17.7. The summed E-state index contributed by atoms with van der Waals surface area (Å²) in [5, 5.41) is 0. The van der Waals surface area contributed by atoms with E-state index >= 15 is 0 Å². The highest BCUT2D eigenvalue weighted by atomic mass is 19.3. The standard InChI is InChI=1S/C24H28F2N2O3/c1-16(12-22(29)24(25)26)18-4-6-20(7-5-18)31-21-9-11-28(14-21)19-8-10-27-23(13-19)30-15-17-2-3-17/h4-8,10,13,16-17,21,24H,2-3,9,11-12,14-15H2,1H3/t16-,21?/m1/s1. The Morgan fingerprint density at radius 2 is 1.97 bits per heavy atom. The van der Waals surface area contributed by atoms with Gasteiger partial charge in [-0.15, -0.1) is 0 Å². The summed E-state index contributed by atoms with van der Waals surface area (Å²) >= 11 is 0. The van der Waals surface area contributed by atoms with Gasteiger partial charge in [-0.25, -0.2) is 13.8 Å². The van der Waals surface area contributed by atoms with Crippen molar-refractivity contribution in [1.29, 1.82) is 0 Å². The van der Waals surface area contributed by atoms with E-state index in [1.54, 1.807) is 13.1 Å². The molecule has 2 atom stereocenters. The van der Waals surface area contributed by atoms with Crippen molar-refractivity contribution in [3.63, 3.8) is 0 Å². The largest absolute Gasteiger partial charge is 0.489 e. The SMILES string of the molecule is C[C@H](CC(=O)C(F)F)c1ccc(OC2CCN(c3ccnc(OCC4CC4)c3)C2)cc1. The molecule has 2 aromatic rings. The third kappa shape index (κ3) is 5.93. The summed E-state index contributed by atoms with van der Waals surface area (Å²) in [6.45, 7) is 4.18. The zero-order valence-corrected chi connectivity index (χ0v) is 17.7. The maximum absolute atomic E-state index is 12.5. The molecule has 0 bridgehead atoms. The quantitative estimate of drug-likeness (QED) is 0.539. The first-order valence-corrected chi connectivity index (χ1v) is 10.9. The molecule has 1 aromatic heterocycles. The van der Waals surface area contributed by atoms with Gasteiger partial charge in [0.25, 0.3) is 6.43 Å². The van der Waals surface area contributed by atoms with Crippen LogP contribution in [-0.2, 0) is 4.79 Å². The third-order valence-electron chi connectivity index (χ3n) is 5.90. The summed E-state index contributed by atoms with van der Waals surface area (Å²) < 4.78 is 36.8. The molecular weight excluding hydrogens is 402 g/mol. The van der Waals surface area contributed by atoms with Crippen molar-refractivity contribution in [3.05, 3.63) is 48.2 Å². The number of Topliss-reactive ketones (excluding diaryl/α,β-unsaturated/α-hetero) is 1. The number of hydrogen-bond acceptors (Lipinski definition) is 5. The molecule has 4 rings (SSSR count). The lowest BCUT2D eigenvalue weighted by molar-refractivity contribution is -0.129. The highest BCUT2D eigenvalue weighted by Crippen LogP contribution is 2.31. The van der Waals surface area contributed by atoms with E-state index in [4.69, 9.17) is 9.47 Å². The molecule has 7 heteroatoms. The number of aromatic nitrogens is 1. The summed E-state index contributed by atoms with van der Waals surface area (Å²) in [6.07, 6.45) is 2.18. The molecule has 2 heterocycles. The Morgan fingerprint density at radius 3 is 2.68 bits per heavy atom. The number of rotatable bonds is 10. The molecule has 1 unspecified atom stereocenters. The highest BCUT2D eigenvalue weighted by Gasteiger charge is 2.26. The fourth-order valence-electron chi connectivity index (χ4n) is 3.80. The minimum atomic E-state index is -2.91. The summed E-state index contributed by atoms with van der Waals surface area (Å²) in [5.74, 6) is 0.834. The Bertz CT molecular complexity index is 887. The maximum Gasteiger partial charge on any atom is 0.296 e. The van der Waals surface area contributed by atoms with Crippen LogP contribution in [-0.4, -0.2) is 43.0 Å². The van der Waals surface area contributed by atoms with Gasteiger partial charge in [0.1, 0.15) is 11.9 Å². The van der Waals surface area contributed by atoms with Crippen molar-refractivity contribution in [1.82, 2.24) is 4.98 Å². The Kier molecular flexibility index (Phi) is 6.68. The van der Waals surface area contributed by atoms with Crippen LogP contribution in [0.1, 0.15) is 44.1 Å². The van der Waals surface area contributed by atoms with Crippen LogP contribution < -0.4 is 14.4 Å². The number of hydrogen-bond donors (Lipinski definition) is 0. The second-order valence-electron chi connectivity index (χ2n) is 8.52. The molecule has 1 saturated carbocycles. The minimum Gasteiger partial charge on any atom is -0.489 e. The number of ketones is 1. The number of ether oxygens (including phenoxy) is 2. The molecule has 0 radical (unpaired) electrons. The lowest BCUT2D eigenvalue weighted by atomic mass is 9.96. The Balaban J connectivity index is 1.29. The predicted molar refractivity (Wildman–Crippen MR) is 114 cm³/mol. The molecule has 166 valence electrons. The highest BCUT2D eigenvalue weighted by molar-refractivity contribution is 5.82. The van der Waals surface area contributed by atoms with E-state index in [1.807, 2.05) is 36.4 Å². The van der Waals surface area contributed by atoms with Gasteiger partial charge in [-0.2, -0.15) is 0 Å². The first-order valence-electron chi connectivity index (χ1n) is 10.9. The zero-order chi connectivity index (χ0) is 21.8. The molecule has 0 N–H and O–H groups in total. The molecule has 5 nitrogen and oxygen atoms in total. The van der Waals surface area contributed by atoms with Crippen LogP contribution in [0, 0.1) is 5.92 Å². The van der Waals surface area contributed by atoms with E-state index < -0.39 is 12.2 Å². The average Bonchev–Trinajstić information content (AvgIpc) is 3.49. The molecule has 0 amide bonds. The second-order valence-corrected chi connectivity index (χ2v) is 8.52. The summed E-state index contributed by atoms with van der Waals surface area (Å²) in [6, 6.07) is 11.4. The Labute approximate surface area is 181 Å². The van der Waals surface area contributed by atoms with Gasteiger partial charge in [0.15, 0.2) is 5.78 Å². The van der Waals surface area contributed by atoms with Crippen LogP contribution in [0.5, 0.6) is 11.6 Å². The summed E-state index contributed by atoms with van der Waals surface area (Å²) in [7, 11) is 0. The van der Waals surface area contributed by atoms with Crippen molar-refractivity contribution in [2.24, 2.45) is 5.92 Å². The van der Waals surface area contributed by atoms with Crippen LogP contribution in [0.15, 0.2) is 42.6 Å². The molecule has 2 aliphatic rings. The first kappa shape index (κ1) is 21.5. The number of carbonyl (C=O) groups is 1. The summed E-state index contributed by atoms with van der Waals surface area (Å²) in [5.41, 5.74) is 1.93. The maximum atomic E-state index is 12.5. The van der Waals surface area contributed by atoms with E-state index in [-0.39, 0.29) is 18.4 Å². The number of nitrogens with zero attached hydrogens (tertiary/aromatic N) is 2. The van der Waals surface area contributed by atoms with E-state index in [2.05, 4.69) is 9.88 Å². The molecular formula is C24H28F2N2O3. The number of benzene rings is 1. The van der Waals surface area contributed by atoms with Crippen molar-refractivity contribution in [2.75, 3.05) is 24.6 Å². The van der Waals surface area contributed by atoms with Gasteiger partial charge in [0, 0.05) is 37.3 Å². The van der Waals surface area contributed by atoms with Crippen molar-refractivity contribution in [3.8, 4) is 11.6 Å². The predicted octanol–water partition coefficient (Wildman–Crippen LogP) is 4.86. The van der Waals surface area contributed by atoms with Crippen molar-refractivity contribution < 1.29 is 23.0 Å². The van der Waals surface area contributed by atoms with Gasteiger partial charge in [-0.3, -0.25) is 4.79 Å².